The highest BCUT2D eigenvalue weighted by Crippen LogP contribution is 2.31. The number of hydrogen-bond acceptors (Lipinski definition) is 3. The molecule has 0 bridgehead atoms. The third-order valence-corrected chi connectivity index (χ3v) is 5.48. The van der Waals surface area contributed by atoms with E-state index in [0.29, 0.717) is 36.5 Å². The molecule has 0 radical (unpaired) electrons. The summed E-state index contributed by atoms with van der Waals surface area (Å²) in [6.07, 6.45) is 3.91. The van der Waals surface area contributed by atoms with Gasteiger partial charge in [0, 0.05) is 37.6 Å². The maximum absolute atomic E-state index is 12.6. The standard InChI is InChI=1S/C14H25N3O2S/c1-4-17(10-12-5-6-12)20(18,19)14-7-13(16-9-14)8-15-11(2)3/h7,9,11-12,15-16H,4-6,8,10H2,1-3H3. The lowest BCUT2D eigenvalue weighted by Crippen LogP contribution is -2.32. The monoisotopic (exact) mass is 299 g/mol. The lowest BCUT2D eigenvalue weighted by atomic mass is 10.3. The van der Waals surface area contributed by atoms with Gasteiger partial charge in [-0.05, 0) is 24.8 Å². The first-order chi connectivity index (χ1) is 9.43. The molecule has 1 aliphatic rings. The first-order valence-corrected chi connectivity index (χ1v) is 8.78. The molecule has 2 rings (SSSR count). The molecule has 1 aromatic rings. The van der Waals surface area contributed by atoms with Gasteiger partial charge in [-0.25, -0.2) is 8.42 Å². The number of sulfonamides is 1. The number of nitrogens with one attached hydrogen (secondary N) is 2. The molecule has 0 aliphatic heterocycles. The maximum atomic E-state index is 12.6. The van der Waals surface area contributed by atoms with Crippen LogP contribution in [0.2, 0.25) is 0 Å². The minimum absolute atomic E-state index is 0.375. The normalized spacial score (nSPS) is 16.2. The van der Waals surface area contributed by atoms with E-state index in [2.05, 4.69) is 24.1 Å². The summed E-state index contributed by atoms with van der Waals surface area (Å²) in [4.78, 5) is 3.42. The van der Waals surface area contributed by atoms with Crippen molar-refractivity contribution in [1.82, 2.24) is 14.6 Å². The Labute approximate surface area is 121 Å². The van der Waals surface area contributed by atoms with Crippen LogP contribution < -0.4 is 5.32 Å². The Kier molecular flexibility index (Phi) is 4.88. The molecule has 0 spiro atoms. The van der Waals surface area contributed by atoms with Crippen LogP contribution in [0, 0.1) is 5.92 Å². The lowest BCUT2D eigenvalue weighted by molar-refractivity contribution is 0.412. The predicted molar refractivity (Wildman–Crippen MR) is 79.9 cm³/mol. The quantitative estimate of drug-likeness (QED) is 0.771. The Morgan fingerprint density at radius 1 is 1.45 bits per heavy atom. The lowest BCUT2D eigenvalue weighted by Gasteiger charge is -2.19. The fraction of sp³-hybridized carbons (Fsp3) is 0.714. The number of rotatable bonds is 8. The fourth-order valence-corrected chi connectivity index (χ4v) is 3.66. The highest BCUT2D eigenvalue weighted by atomic mass is 32.2. The summed E-state index contributed by atoms with van der Waals surface area (Å²) >= 11 is 0. The van der Waals surface area contributed by atoms with Crippen LogP contribution in [0.1, 0.15) is 39.3 Å². The third-order valence-electron chi connectivity index (χ3n) is 3.57. The van der Waals surface area contributed by atoms with Crippen LogP contribution in [0.25, 0.3) is 0 Å². The molecule has 1 fully saturated rings. The van der Waals surface area contributed by atoms with E-state index in [1.807, 2.05) is 6.92 Å². The van der Waals surface area contributed by atoms with Crippen molar-refractivity contribution in [2.45, 2.75) is 51.1 Å². The first-order valence-electron chi connectivity index (χ1n) is 7.34. The minimum Gasteiger partial charge on any atom is -0.363 e. The van der Waals surface area contributed by atoms with Crippen LogP contribution in [-0.2, 0) is 16.6 Å². The molecule has 1 aromatic heterocycles. The zero-order valence-electron chi connectivity index (χ0n) is 12.5. The Balaban J connectivity index is 2.07. The summed E-state index contributed by atoms with van der Waals surface area (Å²) in [5.74, 6) is 0.561. The van der Waals surface area contributed by atoms with Gasteiger partial charge in [-0.15, -0.1) is 0 Å². The van der Waals surface area contributed by atoms with Gasteiger partial charge < -0.3 is 10.3 Å². The average Bonchev–Trinajstić information content (AvgIpc) is 3.07. The highest BCUT2D eigenvalue weighted by molar-refractivity contribution is 7.89. The van der Waals surface area contributed by atoms with Crippen LogP contribution in [0.15, 0.2) is 17.2 Å². The zero-order valence-corrected chi connectivity index (χ0v) is 13.3. The third kappa shape index (κ3) is 3.84. The van der Waals surface area contributed by atoms with Crippen LogP contribution in [0.5, 0.6) is 0 Å². The van der Waals surface area contributed by atoms with E-state index in [-0.39, 0.29) is 0 Å². The van der Waals surface area contributed by atoms with E-state index in [0.717, 1.165) is 18.5 Å². The fourth-order valence-electron chi connectivity index (χ4n) is 2.12. The van der Waals surface area contributed by atoms with Gasteiger partial charge in [0.15, 0.2) is 0 Å². The van der Waals surface area contributed by atoms with Gasteiger partial charge in [0.2, 0.25) is 10.0 Å². The van der Waals surface area contributed by atoms with Crippen molar-refractivity contribution in [3.8, 4) is 0 Å². The van der Waals surface area contributed by atoms with Gasteiger partial charge in [-0.3, -0.25) is 0 Å². The predicted octanol–water partition coefficient (Wildman–Crippen LogP) is 1.93. The Morgan fingerprint density at radius 2 is 2.15 bits per heavy atom. The van der Waals surface area contributed by atoms with Gasteiger partial charge in [0.05, 0.1) is 4.90 Å². The zero-order chi connectivity index (χ0) is 14.8. The van der Waals surface area contributed by atoms with Crippen molar-refractivity contribution in [2.24, 2.45) is 5.92 Å². The minimum atomic E-state index is -3.35. The molecule has 1 heterocycles. The second kappa shape index (κ2) is 6.28. The smallest absolute Gasteiger partial charge is 0.244 e. The Morgan fingerprint density at radius 3 is 2.70 bits per heavy atom. The van der Waals surface area contributed by atoms with Gasteiger partial charge in [-0.1, -0.05) is 20.8 Å². The molecule has 20 heavy (non-hydrogen) atoms. The first kappa shape index (κ1) is 15.5. The summed E-state index contributed by atoms with van der Waals surface area (Å²) in [6.45, 7) is 7.87. The van der Waals surface area contributed by atoms with Gasteiger partial charge in [0.1, 0.15) is 0 Å². The largest absolute Gasteiger partial charge is 0.363 e. The summed E-state index contributed by atoms with van der Waals surface area (Å²) in [7, 11) is -3.35. The molecule has 1 aliphatic carbocycles. The number of aromatic amines is 1. The van der Waals surface area contributed by atoms with Crippen LogP contribution in [0.4, 0.5) is 0 Å². The summed E-state index contributed by atoms with van der Waals surface area (Å²) < 4.78 is 26.7. The molecular formula is C14H25N3O2S. The van der Waals surface area contributed by atoms with Crippen molar-refractivity contribution in [3.63, 3.8) is 0 Å². The maximum Gasteiger partial charge on any atom is 0.244 e. The second-order valence-corrected chi connectivity index (χ2v) is 7.73. The molecule has 5 nitrogen and oxygen atoms in total. The topological polar surface area (TPSA) is 65.2 Å². The van der Waals surface area contributed by atoms with E-state index in [9.17, 15) is 8.42 Å². The molecule has 6 heteroatoms. The number of hydrogen-bond donors (Lipinski definition) is 2. The van der Waals surface area contributed by atoms with Gasteiger partial charge >= 0.3 is 0 Å². The number of nitrogens with zero attached hydrogens (tertiary/aromatic N) is 1. The van der Waals surface area contributed by atoms with Crippen molar-refractivity contribution in [1.29, 1.82) is 0 Å². The van der Waals surface area contributed by atoms with E-state index < -0.39 is 10.0 Å². The van der Waals surface area contributed by atoms with Crippen molar-refractivity contribution >= 4 is 10.0 Å². The van der Waals surface area contributed by atoms with Crippen LogP contribution >= 0.6 is 0 Å². The second-order valence-electron chi connectivity index (χ2n) is 5.80. The van der Waals surface area contributed by atoms with E-state index in [4.69, 9.17) is 0 Å². The van der Waals surface area contributed by atoms with E-state index in [1.54, 1.807) is 16.6 Å². The molecular weight excluding hydrogens is 274 g/mol. The van der Waals surface area contributed by atoms with Crippen LogP contribution in [-0.4, -0.2) is 36.8 Å². The van der Waals surface area contributed by atoms with E-state index in [1.165, 1.54) is 0 Å². The number of H-pyrrole nitrogens is 1. The Hall–Kier alpha value is -0.850. The summed E-state index contributed by atoms with van der Waals surface area (Å²) in [5.41, 5.74) is 0.903. The number of aromatic nitrogens is 1. The van der Waals surface area contributed by atoms with Crippen molar-refractivity contribution < 1.29 is 8.42 Å². The summed E-state index contributed by atoms with van der Waals surface area (Å²) in [6, 6.07) is 2.11. The molecule has 0 aromatic carbocycles. The van der Waals surface area contributed by atoms with Gasteiger partial charge in [-0.2, -0.15) is 4.31 Å². The van der Waals surface area contributed by atoms with Crippen molar-refractivity contribution in [3.05, 3.63) is 18.0 Å². The molecule has 0 unspecified atom stereocenters. The van der Waals surface area contributed by atoms with E-state index >= 15 is 0 Å². The van der Waals surface area contributed by atoms with Crippen LogP contribution in [0.3, 0.4) is 0 Å². The highest BCUT2D eigenvalue weighted by Gasteiger charge is 2.31. The summed E-state index contributed by atoms with van der Waals surface area (Å²) in [5, 5.41) is 3.27. The Bertz CT molecular complexity index is 532. The molecule has 0 atom stereocenters. The SMILES string of the molecule is CCN(CC1CC1)S(=O)(=O)c1c[nH]c(CNC(C)C)c1. The average molecular weight is 299 g/mol. The molecule has 0 amide bonds. The molecule has 2 N–H and O–H groups in total. The molecule has 0 saturated heterocycles. The molecule has 1 saturated carbocycles. The van der Waals surface area contributed by atoms with Gasteiger partial charge in [0.25, 0.3) is 0 Å². The molecule has 114 valence electrons. The van der Waals surface area contributed by atoms with Crippen molar-refractivity contribution in [2.75, 3.05) is 13.1 Å².